The largest absolute Gasteiger partial charge is 0.360 e. The van der Waals surface area contributed by atoms with Gasteiger partial charge in [-0.05, 0) is 23.8 Å². The van der Waals surface area contributed by atoms with E-state index in [1.54, 1.807) is 23.7 Å². The summed E-state index contributed by atoms with van der Waals surface area (Å²) in [6.07, 6.45) is 5.19. The number of nitrogens with zero attached hydrogens (tertiary/aromatic N) is 3. The second-order valence-electron chi connectivity index (χ2n) is 7.70. The van der Waals surface area contributed by atoms with E-state index >= 15 is 0 Å². The number of rotatable bonds is 3. The highest BCUT2D eigenvalue weighted by atomic mass is 32.1. The number of benzene rings is 1. The van der Waals surface area contributed by atoms with Crippen molar-refractivity contribution in [3.05, 3.63) is 76.0 Å². The van der Waals surface area contributed by atoms with Crippen LogP contribution in [0.5, 0.6) is 0 Å². The Balaban J connectivity index is 1.74. The Labute approximate surface area is 163 Å². The lowest BCUT2D eigenvalue weighted by atomic mass is 9.98. The Kier molecular flexibility index (Phi) is 4.44. The standard InChI is InChI=1S/C21H22N4OS/c1-21(2,3)20-23-12-17(27-20)18-24-16-9-5-4-8-15(16)19(26)25(18)13-14-7-6-10-22-11-14/h4-12,18,24H,13H2,1-3H3. The van der Waals surface area contributed by atoms with Crippen molar-refractivity contribution in [2.75, 3.05) is 5.32 Å². The lowest BCUT2D eigenvalue weighted by Gasteiger charge is -2.37. The summed E-state index contributed by atoms with van der Waals surface area (Å²) < 4.78 is 0. The summed E-state index contributed by atoms with van der Waals surface area (Å²) in [6.45, 7) is 6.94. The summed E-state index contributed by atoms with van der Waals surface area (Å²) >= 11 is 1.65. The SMILES string of the molecule is CC(C)(C)c1ncc(C2Nc3ccccc3C(=O)N2Cc2cccnc2)s1. The molecule has 1 aromatic carbocycles. The quantitative estimate of drug-likeness (QED) is 0.723. The van der Waals surface area contributed by atoms with Gasteiger partial charge in [-0.1, -0.05) is 39.0 Å². The molecule has 1 unspecified atom stereocenters. The molecule has 0 aliphatic carbocycles. The highest BCUT2D eigenvalue weighted by Gasteiger charge is 2.34. The molecule has 0 saturated carbocycles. The molecule has 5 nitrogen and oxygen atoms in total. The fraction of sp³-hybridized carbons (Fsp3) is 0.286. The van der Waals surface area contributed by atoms with Gasteiger partial charge >= 0.3 is 0 Å². The van der Waals surface area contributed by atoms with Crippen molar-refractivity contribution < 1.29 is 4.79 Å². The molecule has 27 heavy (non-hydrogen) atoms. The molecular weight excluding hydrogens is 356 g/mol. The van der Waals surface area contributed by atoms with Crippen molar-refractivity contribution in [3.8, 4) is 0 Å². The van der Waals surface area contributed by atoms with E-state index in [0.717, 1.165) is 21.1 Å². The zero-order valence-corrected chi connectivity index (χ0v) is 16.5. The van der Waals surface area contributed by atoms with E-state index in [0.29, 0.717) is 12.1 Å². The summed E-state index contributed by atoms with van der Waals surface area (Å²) in [7, 11) is 0. The molecule has 0 radical (unpaired) electrons. The molecule has 138 valence electrons. The minimum absolute atomic E-state index is 0.0175. The van der Waals surface area contributed by atoms with Crippen molar-refractivity contribution in [3.63, 3.8) is 0 Å². The fourth-order valence-corrected chi connectivity index (χ4v) is 4.17. The van der Waals surface area contributed by atoms with E-state index in [4.69, 9.17) is 0 Å². The topological polar surface area (TPSA) is 58.1 Å². The van der Waals surface area contributed by atoms with Crippen LogP contribution >= 0.6 is 11.3 Å². The molecule has 0 spiro atoms. The van der Waals surface area contributed by atoms with E-state index in [9.17, 15) is 4.79 Å². The molecular formula is C21H22N4OS. The maximum atomic E-state index is 13.3. The minimum Gasteiger partial charge on any atom is -0.360 e. The van der Waals surface area contributed by atoms with Crippen LogP contribution in [0.3, 0.4) is 0 Å². The van der Waals surface area contributed by atoms with Crippen LogP contribution in [-0.4, -0.2) is 20.8 Å². The Bertz CT molecular complexity index is 962. The Hall–Kier alpha value is -2.73. The molecule has 2 aromatic heterocycles. The molecule has 1 aliphatic rings. The van der Waals surface area contributed by atoms with Gasteiger partial charge in [0, 0.05) is 36.2 Å². The first-order valence-electron chi connectivity index (χ1n) is 8.95. The molecule has 6 heteroatoms. The third kappa shape index (κ3) is 3.45. The Morgan fingerprint density at radius 1 is 1.15 bits per heavy atom. The van der Waals surface area contributed by atoms with Gasteiger partial charge in [-0.15, -0.1) is 11.3 Å². The molecule has 1 amide bonds. The van der Waals surface area contributed by atoms with Gasteiger partial charge in [-0.3, -0.25) is 9.78 Å². The average molecular weight is 379 g/mol. The summed E-state index contributed by atoms with van der Waals surface area (Å²) in [5.41, 5.74) is 2.53. The number of anilines is 1. The van der Waals surface area contributed by atoms with Crippen LogP contribution in [0.25, 0.3) is 0 Å². The number of thiazole rings is 1. The molecule has 3 heterocycles. The minimum atomic E-state index is -0.249. The Morgan fingerprint density at radius 3 is 2.67 bits per heavy atom. The zero-order valence-electron chi connectivity index (χ0n) is 15.6. The maximum absolute atomic E-state index is 13.3. The van der Waals surface area contributed by atoms with Crippen molar-refractivity contribution >= 4 is 22.9 Å². The molecule has 0 bridgehead atoms. The number of aromatic nitrogens is 2. The second-order valence-corrected chi connectivity index (χ2v) is 8.77. The smallest absolute Gasteiger partial charge is 0.258 e. The van der Waals surface area contributed by atoms with Gasteiger partial charge in [-0.25, -0.2) is 4.98 Å². The number of amides is 1. The summed E-state index contributed by atoms with van der Waals surface area (Å²) in [5.74, 6) is 0.0175. The Morgan fingerprint density at radius 2 is 1.96 bits per heavy atom. The molecule has 0 saturated heterocycles. The molecule has 1 atom stereocenters. The van der Waals surface area contributed by atoms with Crippen LogP contribution in [0.2, 0.25) is 0 Å². The second kappa shape index (κ2) is 6.78. The van der Waals surface area contributed by atoms with Crippen LogP contribution in [0.4, 0.5) is 5.69 Å². The van der Waals surface area contributed by atoms with Gasteiger partial charge in [-0.2, -0.15) is 0 Å². The van der Waals surface area contributed by atoms with Gasteiger partial charge < -0.3 is 10.2 Å². The van der Waals surface area contributed by atoms with Crippen LogP contribution < -0.4 is 5.32 Å². The van der Waals surface area contributed by atoms with E-state index in [1.165, 1.54) is 0 Å². The fourth-order valence-electron chi connectivity index (χ4n) is 3.13. The molecule has 1 N–H and O–H groups in total. The normalized spacial score (nSPS) is 16.8. The van der Waals surface area contributed by atoms with Gasteiger partial charge in [0.25, 0.3) is 5.91 Å². The third-order valence-electron chi connectivity index (χ3n) is 4.53. The van der Waals surface area contributed by atoms with E-state index < -0.39 is 0 Å². The van der Waals surface area contributed by atoms with E-state index in [1.807, 2.05) is 47.5 Å². The summed E-state index contributed by atoms with van der Waals surface area (Å²) in [6, 6.07) is 11.5. The first-order chi connectivity index (χ1) is 12.9. The van der Waals surface area contributed by atoms with Crippen LogP contribution in [0, 0.1) is 0 Å². The number of para-hydroxylation sites is 1. The van der Waals surface area contributed by atoms with Crippen molar-refractivity contribution in [2.24, 2.45) is 0 Å². The number of carbonyl (C=O) groups excluding carboxylic acids is 1. The first kappa shape index (κ1) is 17.7. The molecule has 0 fully saturated rings. The lowest BCUT2D eigenvalue weighted by molar-refractivity contribution is 0.0669. The monoisotopic (exact) mass is 378 g/mol. The van der Waals surface area contributed by atoms with Crippen LogP contribution in [-0.2, 0) is 12.0 Å². The predicted molar refractivity (Wildman–Crippen MR) is 108 cm³/mol. The molecule has 1 aliphatic heterocycles. The van der Waals surface area contributed by atoms with Crippen molar-refractivity contribution in [1.82, 2.24) is 14.9 Å². The van der Waals surface area contributed by atoms with Gasteiger partial charge in [0.05, 0.1) is 15.4 Å². The number of hydrogen-bond donors (Lipinski definition) is 1. The number of pyridine rings is 1. The number of hydrogen-bond acceptors (Lipinski definition) is 5. The van der Waals surface area contributed by atoms with Crippen molar-refractivity contribution in [1.29, 1.82) is 0 Å². The van der Waals surface area contributed by atoms with Crippen molar-refractivity contribution in [2.45, 2.75) is 38.9 Å². The van der Waals surface area contributed by atoms with Crippen LogP contribution in [0.15, 0.2) is 55.0 Å². The highest BCUT2D eigenvalue weighted by molar-refractivity contribution is 7.11. The summed E-state index contributed by atoms with van der Waals surface area (Å²) in [4.78, 5) is 25.0. The molecule has 3 aromatic rings. The number of nitrogens with one attached hydrogen (secondary N) is 1. The van der Waals surface area contributed by atoms with Crippen LogP contribution in [0.1, 0.15) is 52.7 Å². The average Bonchev–Trinajstić information content (AvgIpc) is 3.15. The summed E-state index contributed by atoms with van der Waals surface area (Å²) in [5, 5.41) is 4.60. The highest BCUT2D eigenvalue weighted by Crippen LogP contribution is 2.38. The van der Waals surface area contributed by atoms with E-state index in [-0.39, 0.29) is 17.5 Å². The lowest BCUT2D eigenvalue weighted by Crippen LogP contribution is -2.42. The van der Waals surface area contributed by atoms with Gasteiger partial charge in [0.1, 0.15) is 6.17 Å². The van der Waals surface area contributed by atoms with E-state index in [2.05, 4.69) is 36.1 Å². The zero-order chi connectivity index (χ0) is 19.0. The molecule has 4 rings (SSSR count). The number of carbonyl (C=O) groups is 1. The third-order valence-corrected chi connectivity index (χ3v) is 6.01. The number of fused-ring (bicyclic) bond motifs is 1. The predicted octanol–water partition coefficient (Wildman–Crippen LogP) is 4.60. The van der Waals surface area contributed by atoms with Gasteiger partial charge in [0.2, 0.25) is 0 Å². The maximum Gasteiger partial charge on any atom is 0.258 e. The first-order valence-corrected chi connectivity index (χ1v) is 9.77. The van der Waals surface area contributed by atoms with Gasteiger partial charge in [0.15, 0.2) is 0 Å².